The zero-order valence-electron chi connectivity index (χ0n) is 11.0. The second kappa shape index (κ2) is 8.08. The summed E-state index contributed by atoms with van der Waals surface area (Å²) in [7, 11) is 6.30. The molecule has 1 N–H and O–H groups in total. The normalized spacial score (nSPS) is 16.0. The Morgan fingerprint density at radius 2 is 1.73 bits per heavy atom. The van der Waals surface area contributed by atoms with E-state index >= 15 is 0 Å². The van der Waals surface area contributed by atoms with Crippen LogP contribution in [0.25, 0.3) is 0 Å². The molecule has 0 aliphatic carbocycles. The van der Waals surface area contributed by atoms with Crippen molar-refractivity contribution in [3.63, 3.8) is 0 Å². The Bertz CT molecular complexity index is 149. The maximum atomic E-state index is 9.36. The molecule has 0 saturated carbocycles. The van der Waals surface area contributed by atoms with E-state index in [4.69, 9.17) is 0 Å². The standard InChI is InChI=1S/C12H28N2O/c1-6-7-8-9-12(13(3)4)14(5)10-11(2)15/h11-12,15H,6-10H2,1-5H3. The van der Waals surface area contributed by atoms with Gasteiger partial charge in [-0.05, 0) is 34.5 Å². The van der Waals surface area contributed by atoms with Crippen LogP contribution >= 0.6 is 0 Å². The predicted molar refractivity (Wildman–Crippen MR) is 65.9 cm³/mol. The SMILES string of the molecule is CCCCCC(N(C)C)N(C)CC(C)O. The molecule has 0 radical (unpaired) electrons. The van der Waals surface area contributed by atoms with Gasteiger partial charge in [0.05, 0.1) is 12.3 Å². The molecule has 0 saturated heterocycles. The Labute approximate surface area is 95.1 Å². The van der Waals surface area contributed by atoms with Gasteiger partial charge in [-0.2, -0.15) is 0 Å². The number of aliphatic hydroxyl groups is 1. The molecule has 2 atom stereocenters. The minimum atomic E-state index is -0.247. The van der Waals surface area contributed by atoms with E-state index < -0.39 is 0 Å². The van der Waals surface area contributed by atoms with Crippen LogP contribution in [-0.2, 0) is 0 Å². The maximum absolute atomic E-state index is 9.36. The van der Waals surface area contributed by atoms with E-state index in [1.807, 2.05) is 6.92 Å². The van der Waals surface area contributed by atoms with Gasteiger partial charge in [0.15, 0.2) is 0 Å². The van der Waals surface area contributed by atoms with Gasteiger partial charge in [0, 0.05) is 6.54 Å². The number of hydrogen-bond acceptors (Lipinski definition) is 3. The molecule has 92 valence electrons. The number of unbranched alkanes of at least 4 members (excludes halogenated alkanes) is 2. The average molecular weight is 216 g/mol. The van der Waals surface area contributed by atoms with Crippen LogP contribution in [-0.4, -0.2) is 54.9 Å². The van der Waals surface area contributed by atoms with Crippen molar-refractivity contribution in [1.29, 1.82) is 0 Å². The Morgan fingerprint density at radius 3 is 2.13 bits per heavy atom. The summed E-state index contributed by atoms with van der Waals surface area (Å²) in [6.07, 6.45) is 5.22. The number of hydrogen-bond donors (Lipinski definition) is 1. The first-order chi connectivity index (χ1) is 6.99. The van der Waals surface area contributed by atoms with Crippen molar-refractivity contribution in [1.82, 2.24) is 9.80 Å². The van der Waals surface area contributed by atoms with Crippen molar-refractivity contribution in [2.75, 3.05) is 27.7 Å². The van der Waals surface area contributed by atoms with Crippen molar-refractivity contribution in [3.8, 4) is 0 Å². The largest absolute Gasteiger partial charge is 0.392 e. The van der Waals surface area contributed by atoms with E-state index in [1.165, 1.54) is 25.7 Å². The molecule has 3 nitrogen and oxygen atoms in total. The first kappa shape index (κ1) is 14.9. The summed E-state index contributed by atoms with van der Waals surface area (Å²) in [4.78, 5) is 4.47. The molecule has 0 aromatic rings. The summed E-state index contributed by atoms with van der Waals surface area (Å²) >= 11 is 0. The second-order valence-corrected chi connectivity index (χ2v) is 4.73. The maximum Gasteiger partial charge on any atom is 0.0639 e. The van der Waals surface area contributed by atoms with Crippen LogP contribution in [0.1, 0.15) is 39.5 Å². The van der Waals surface area contributed by atoms with Crippen LogP contribution < -0.4 is 0 Å². The van der Waals surface area contributed by atoms with Gasteiger partial charge in [-0.3, -0.25) is 9.80 Å². The van der Waals surface area contributed by atoms with Gasteiger partial charge in [-0.25, -0.2) is 0 Å². The Balaban J connectivity index is 4.01. The molecule has 3 heteroatoms. The topological polar surface area (TPSA) is 26.7 Å². The molecule has 0 aliphatic heterocycles. The quantitative estimate of drug-likeness (QED) is 0.495. The van der Waals surface area contributed by atoms with Gasteiger partial charge in [0.1, 0.15) is 0 Å². The molecule has 0 aromatic carbocycles. The second-order valence-electron chi connectivity index (χ2n) is 4.73. The van der Waals surface area contributed by atoms with E-state index in [0.717, 1.165) is 6.54 Å². The van der Waals surface area contributed by atoms with Gasteiger partial charge < -0.3 is 5.11 Å². The summed E-state index contributed by atoms with van der Waals surface area (Å²) in [5.74, 6) is 0. The molecule has 0 rings (SSSR count). The molecule has 0 aliphatic rings. The summed E-state index contributed by atoms with van der Waals surface area (Å²) in [6.45, 7) is 4.81. The zero-order chi connectivity index (χ0) is 11.8. The first-order valence-corrected chi connectivity index (χ1v) is 6.03. The fraction of sp³-hybridized carbons (Fsp3) is 1.00. The van der Waals surface area contributed by atoms with Crippen molar-refractivity contribution in [2.24, 2.45) is 0 Å². The predicted octanol–water partition coefficient (Wildman–Crippen LogP) is 1.77. The summed E-state index contributed by atoms with van der Waals surface area (Å²) in [5, 5.41) is 9.36. The average Bonchev–Trinajstić information content (AvgIpc) is 2.10. The number of likely N-dealkylation sites (N-methyl/N-ethyl adjacent to an activating group) is 1. The van der Waals surface area contributed by atoms with E-state index in [1.54, 1.807) is 0 Å². The molecule has 0 heterocycles. The summed E-state index contributed by atoms with van der Waals surface area (Å²) < 4.78 is 0. The Hall–Kier alpha value is -0.120. The highest BCUT2D eigenvalue weighted by molar-refractivity contribution is 4.68. The number of aliphatic hydroxyl groups excluding tert-OH is 1. The molecular formula is C12H28N2O. The minimum Gasteiger partial charge on any atom is -0.392 e. The van der Waals surface area contributed by atoms with E-state index in [0.29, 0.717) is 6.17 Å². The Kier molecular flexibility index (Phi) is 8.02. The van der Waals surface area contributed by atoms with Crippen molar-refractivity contribution >= 4 is 0 Å². The monoisotopic (exact) mass is 216 g/mol. The van der Waals surface area contributed by atoms with Gasteiger partial charge in [0.2, 0.25) is 0 Å². The highest BCUT2D eigenvalue weighted by atomic mass is 16.3. The fourth-order valence-electron chi connectivity index (χ4n) is 1.99. The lowest BCUT2D eigenvalue weighted by Gasteiger charge is -2.34. The number of rotatable bonds is 8. The van der Waals surface area contributed by atoms with Gasteiger partial charge in [0.25, 0.3) is 0 Å². The molecule has 0 spiro atoms. The molecule has 0 amide bonds. The molecule has 0 fully saturated rings. The van der Waals surface area contributed by atoms with Gasteiger partial charge in [-0.1, -0.05) is 26.2 Å². The van der Waals surface area contributed by atoms with Gasteiger partial charge >= 0.3 is 0 Å². The van der Waals surface area contributed by atoms with Crippen LogP contribution in [0.15, 0.2) is 0 Å². The zero-order valence-corrected chi connectivity index (χ0v) is 11.0. The third-order valence-corrected chi connectivity index (χ3v) is 2.72. The van der Waals surface area contributed by atoms with Crippen LogP contribution in [0.4, 0.5) is 0 Å². The lowest BCUT2D eigenvalue weighted by atomic mass is 10.1. The molecular weight excluding hydrogens is 188 g/mol. The van der Waals surface area contributed by atoms with Crippen molar-refractivity contribution in [3.05, 3.63) is 0 Å². The smallest absolute Gasteiger partial charge is 0.0639 e. The molecule has 0 bridgehead atoms. The third kappa shape index (κ3) is 6.88. The lowest BCUT2D eigenvalue weighted by molar-refractivity contribution is 0.0512. The lowest BCUT2D eigenvalue weighted by Crippen LogP contribution is -2.45. The summed E-state index contributed by atoms with van der Waals surface area (Å²) in [5.41, 5.74) is 0. The summed E-state index contributed by atoms with van der Waals surface area (Å²) in [6, 6.07) is 0. The van der Waals surface area contributed by atoms with Crippen LogP contribution in [0.5, 0.6) is 0 Å². The minimum absolute atomic E-state index is 0.247. The fourth-order valence-corrected chi connectivity index (χ4v) is 1.99. The van der Waals surface area contributed by atoms with E-state index in [-0.39, 0.29) is 6.10 Å². The third-order valence-electron chi connectivity index (χ3n) is 2.72. The van der Waals surface area contributed by atoms with Gasteiger partial charge in [-0.15, -0.1) is 0 Å². The van der Waals surface area contributed by atoms with Crippen LogP contribution in [0.3, 0.4) is 0 Å². The first-order valence-electron chi connectivity index (χ1n) is 6.03. The molecule has 15 heavy (non-hydrogen) atoms. The molecule has 0 aromatic heterocycles. The van der Waals surface area contributed by atoms with Crippen LogP contribution in [0, 0.1) is 0 Å². The highest BCUT2D eigenvalue weighted by Crippen LogP contribution is 2.11. The van der Waals surface area contributed by atoms with Crippen LogP contribution in [0.2, 0.25) is 0 Å². The highest BCUT2D eigenvalue weighted by Gasteiger charge is 2.17. The molecule has 2 unspecified atom stereocenters. The van der Waals surface area contributed by atoms with E-state index in [9.17, 15) is 5.11 Å². The van der Waals surface area contributed by atoms with Crippen molar-refractivity contribution < 1.29 is 5.11 Å². The number of nitrogens with zero attached hydrogens (tertiary/aromatic N) is 2. The van der Waals surface area contributed by atoms with Crippen molar-refractivity contribution in [2.45, 2.75) is 51.8 Å². The Morgan fingerprint density at radius 1 is 1.13 bits per heavy atom. The van der Waals surface area contributed by atoms with E-state index in [2.05, 4.69) is 37.9 Å².